The maximum Gasteiger partial charge on any atom is 0.191 e. The molecule has 128 valence electrons. The van der Waals surface area contributed by atoms with Crippen LogP contribution >= 0.6 is 11.3 Å². The molecule has 4 nitrogen and oxygen atoms in total. The molecule has 1 aromatic heterocycles. The summed E-state index contributed by atoms with van der Waals surface area (Å²) in [6.45, 7) is 4.59. The highest BCUT2D eigenvalue weighted by Crippen LogP contribution is 2.20. The van der Waals surface area contributed by atoms with Crippen molar-refractivity contribution in [1.29, 1.82) is 0 Å². The van der Waals surface area contributed by atoms with Gasteiger partial charge in [-0.05, 0) is 49.6 Å². The van der Waals surface area contributed by atoms with E-state index < -0.39 is 0 Å². The largest absolute Gasteiger partial charge is 0.356 e. The van der Waals surface area contributed by atoms with Crippen LogP contribution in [-0.4, -0.2) is 43.6 Å². The molecular weight excluding hydrogens is 304 g/mol. The summed E-state index contributed by atoms with van der Waals surface area (Å²) in [5.41, 5.74) is 0. The molecule has 3 rings (SSSR count). The third-order valence-corrected chi connectivity index (χ3v) is 5.90. The molecule has 2 heterocycles. The lowest BCUT2D eigenvalue weighted by Crippen LogP contribution is -2.46. The second-order valence-electron chi connectivity index (χ2n) is 6.90. The third kappa shape index (κ3) is 5.21. The number of likely N-dealkylation sites (tertiary alicyclic amines) is 1. The molecule has 0 radical (unpaired) electrons. The van der Waals surface area contributed by atoms with Gasteiger partial charge in [0.2, 0.25) is 0 Å². The molecule has 2 aliphatic rings. The smallest absolute Gasteiger partial charge is 0.191 e. The van der Waals surface area contributed by atoms with Crippen LogP contribution in [0.4, 0.5) is 0 Å². The summed E-state index contributed by atoms with van der Waals surface area (Å²) in [6.07, 6.45) is 7.93. The second-order valence-corrected chi connectivity index (χ2v) is 7.93. The van der Waals surface area contributed by atoms with Crippen LogP contribution in [0.3, 0.4) is 0 Å². The number of thiophene rings is 1. The lowest BCUT2D eigenvalue weighted by Gasteiger charge is -2.33. The summed E-state index contributed by atoms with van der Waals surface area (Å²) >= 11 is 1.87. The number of piperidine rings is 1. The molecule has 0 amide bonds. The van der Waals surface area contributed by atoms with Crippen molar-refractivity contribution in [2.24, 2.45) is 10.9 Å². The van der Waals surface area contributed by atoms with E-state index in [9.17, 15) is 0 Å². The summed E-state index contributed by atoms with van der Waals surface area (Å²) in [5.74, 6) is 1.72. The van der Waals surface area contributed by atoms with Crippen LogP contribution in [0.5, 0.6) is 0 Å². The fourth-order valence-electron chi connectivity index (χ4n) is 3.78. The topological polar surface area (TPSA) is 39.7 Å². The van der Waals surface area contributed by atoms with Crippen LogP contribution in [0.2, 0.25) is 0 Å². The first-order valence-corrected chi connectivity index (χ1v) is 9.93. The van der Waals surface area contributed by atoms with E-state index in [1.807, 2.05) is 18.4 Å². The maximum atomic E-state index is 4.40. The Morgan fingerprint density at radius 2 is 2.17 bits per heavy atom. The minimum absolute atomic E-state index is 0.628. The van der Waals surface area contributed by atoms with Crippen LogP contribution in [0, 0.1) is 5.92 Å². The van der Waals surface area contributed by atoms with Crippen molar-refractivity contribution >= 4 is 17.3 Å². The number of nitrogens with one attached hydrogen (secondary N) is 2. The Kier molecular flexibility index (Phi) is 6.34. The lowest BCUT2D eigenvalue weighted by molar-refractivity contribution is 0.169. The van der Waals surface area contributed by atoms with Gasteiger partial charge in [0.1, 0.15) is 0 Å². The van der Waals surface area contributed by atoms with E-state index in [-0.39, 0.29) is 0 Å². The first-order valence-electron chi connectivity index (χ1n) is 9.05. The van der Waals surface area contributed by atoms with E-state index in [4.69, 9.17) is 0 Å². The van der Waals surface area contributed by atoms with Gasteiger partial charge in [0.25, 0.3) is 0 Å². The van der Waals surface area contributed by atoms with Crippen LogP contribution in [0.1, 0.15) is 43.4 Å². The zero-order chi connectivity index (χ0) is 15.9. The van der Waals surface area contributed by atoms with Gasteiger partial charge in [-0.25, -0.2) is 0 Å². The molecule has 1 saturated heterocycles. The standard InChI is InChI=1S/C18H30N4S/c1-19-18(21-16-7-2-3-8-16)20-12-15-6-4-10-22(13-15)14-17-9-5-11-23-17/h5,9,11,15-16H,2-4,6-8,10,12-14H2,1H3,(H2,19,20,21). The predicted octanol–water partition coefficient (Wildman–Crippen LogP) is 3.07. The Morgan fingerprint density at radius 1 is 1.30 bits per heavy atom. The van der Waals surface area contributed by atoms with E-state index in [0.717, 1.165) is 25.0 Å². The van der Waals surface area contributed by atoms with E-state index >= 15 is 0 Å². The molecule has 23 heavy (non-hydrogen) atoms. The highest BCUT2D eigenvalue weighted by atomic mass is 32.1. The average Bonchev–Trinajstić information content (AvgIpc) is 3.25. The van der Waals surface area contributed by atoms with Gasteiger partial charge in [-0.3, -0.25) is 9.89 Å². The molecule has 1 aliphatic carbocycles. The summed E-state index contributed by atoms with van der Waals surface area (Å²) in [4.78, 5) is 8.49. The lowest BCUT2D eigenvalue weighted by atomic mass is 9.98. The molecule has 1 saturated carbocycles. The van der Waals surface area contributed by atoms with Crippen LogP contribution in [0.25, 0.3) is 0 Å². The van der Waals surface area contributed by atoms with Crippen LogP contribution < -0.4 is 10.6 Å². The van der Waals surface area contributed by atoms with Gasteiger partial charge < -0.3 is 10.6 Å². The number of hydrogen-bond acceptors (Lipinski definition) is 3. The van der Waals surface area contributed by atoms with Crippen molar-refractivity contribution in [2.45, 2.75) is 51.1 Å². The van der Waals surface area contributed by atoms with Gasteiger partial charge in [0, 0.05) is 37.6 Å². The Balaban J connectivity index is 1.41. The van der Waals surface area contributed by atoms with Gasteiger partial charge in [-0.15, -0.1) is 11.3 Å². The number of hydrogen-bond donors (Lipinski definition) is 2. The summed E-state index contributed by atoms with van der Waals surface area (Å²) in [7, 11) is 1.88. The predicted molar refractivity (Wildman–Crippen MR) is 99.1 cm³/mol. The molecule has 1 atom stereocenters. The van der Waals surface area contributed by atoms with Gasteiger partial charge in [0.05, 0.1) is 0 Å². The molecule has 0 spiro atoms. The average molecular weight is 335 g/mol. The van der Waals surface area contributed by atoms with Crippen molar-refractivity contribution in [3.63, 3.8) is 0 Å². The van der Waals surface area contributed by atoms with E-state index in [1.54, 1.807) is 0 Å². The molecule has 0 bridgehead atoms. The molecule has 1 unspecified atom stereocenters. The first kappa shape index (κ1) is 16.8. The zero-order valence-corrected chi connectivity index (χ0v) is 15.1. The molecule has 1 aromatic rings. The van der Waals surface area contributed by atoms with Gasteiger partial charge in [-0.1, -0.05) is 18.9 Å². The minimum atomic E-state index is 0.628. The fourth-order valence-corrected chi connectivity index (χ4v) is 4.53. The zero-order valence-electron chi connectivity index (χ0n) is 14.3. The fraction of sp³-hybridized carbons (Fsp3) is 0.722. The quantitative estimate of drug-likeness (QED) is 0.642. The summed E-state index contributed by atoms with van der Waals surface area (Å²) < 4.78 is 0. The highest BCUT2D eigenvalue weighted by molar-refractivity contribution is 7.09. The van der Waals surface area contributed by atoms with Crippen LogP contribution in [-0.2, 0) is 6.54 Å². The Bertz CT molecular complexity index is 479. The monoisotopic (exact) mass is 334 g/mol. The maximum absolute atomic E-state index is 4.40. The van der Waals surface area contributed by atoms with Crippen molar-refractivity contribution in [1.82, 2.24) is 15.5 Å². The van der Waals surface area contributed by atoms with E-state index in [1.165, 1.54) is 56.5 Å². The van der Waals surface area contributed by atoms with Crippen molar-refractivity contribution in [2.75, 3.05) is 26.7 Å². The Labute approximate surface area is 144 Å². The Morgan fingerprint density at radius 3 is 2.91 bits per heavy atom. The molecule has 0 aromatic carbocycles. The summed E-state index contributed by atoms with van der Waals surface area (Å²) in [5, 5.41) is 9.32. The number of guanidine groups is 1. The third-order valence-electron chi connectivity index (χ3n) is 5.04. The van der Waals surface area contributed by atoms with E-state index in [2.05, 4.69) is 38.0 Å². The SMILES string of the molecule is CN=C(NCC1CCCN(Cc2cccs2)C1)NC1CCCC1. The normalized spacial score (nSPS) is 24.0. The van der Waals surface area contributed by atoms with E-state index in [0.29, 0.717) is 6.04 Å². The van der Waals surface area contributed by atoms with Crippen molar-refractivity contribution < 1.29 is 0 Å². The first-order chi connectivity index (χ1) is 11.3. The highest BCUT2D eigenvalue weighted by Gasteiger charge is 2.21. The minimum Gasteiger partial charge on any atom is -0.356 e. The Hall–Kier alpha value is -1.07. The van der Waals surface area contributed by atoms with Gasteiger partial charge in [-0.2, -0.15) is 0 Å². The molecule has 2 N–H and O–H groups in total. The molecule has 5 heteroatoms. The van der Waals surface area contributed by atoms with Crippen molar-refractivity contribution in [3.8, 4) is 0 Å². The number of rotatable bonds is 5. The number of aliphatic imine (C=N–C) groups is 1. The van der Waals surface area contributed by atoms with Gasteiger partial charge in [0.15, 0.2) is 5.96 Å². The second kappa shape index (κ2) is 8.69. The molecular formula is C18H30N4S. The van der Waals surface area contributed by atoms with Crippen molar-refractivity contribution in [3.05, 3.63) is 22.4 Å². The van der Waals surface area contributed by atoms with Crippen LogP contribution in [0.15, 0.2) is 22.5 Å². The summed E-state index contributed by atoms with van der Waals surface area (Å²) in [6, 6.07) is 5.03. The number of nitrogens with zero attached hydrogens (tertiary/aromatic N) is 2. The van der Waals surface area contributed by atoms with Gasteiger partial charge >= 0.3 is 0 Å². The molecule has 2 fully saturated rings. The molecule has 1 aliphatic heterocycles.